The van der Waals surface area contributed by atoms with Crippen LogP contribution >= 0.6 is 0 Å². The zero-order valence-corrected chi connectivity index (χ0v) is 26.7. The predicted octanol–water partition coefficient (Wildman–Crippen LogP) is 2.62. The highest BCUT2D eigenvalue weighted by Crippen LogP contribution is 2.54. The highest BCUT2D eigenvalue weighted by molar-refractivity contribution is 6.25. The van der Waals surface area contributed by atoms with Crippen molar-refractivity contribution in [1.29, 1.82) is 0 Å². The third kappa shape index (κ3) is 4.71. The SMILES string of the molecule is CC(C)CN(CC(C)C)C1CCN(C)c2c1cc(O)c1c2C[C@@H]2C[C@@H]3[C@H](N(C)C)C(O)=C(C(N)=O)C(=O)[C@@]3(O)C(O)=C2C1=O. The second-order valence-corrected chi connectivity index (χ2v) is 14.1. The minimum atomic E-state index is -2.65. The molecular weight excluding hydrogens is 564 g/mol. The number of primary amides is 1. The van der Waals surface area contributed by atoms with Gasteiger partial charge in [-0.3, -0.25) is 24.2 Å². The molecule has 1 aliphatic heterocycles. The van der Waals surface area contributed by atoms with Gasteiger partial charge in [-0.05, 0) is 68.3 Å². The molecule has 11 nitrogen and oxygen atoms in total. The number of rotatable bonds is 7. The van der Waals surface area contributed by atoms with E-state index in [1.807, 2.05) is 7.05 Å². The van der Waals surface area contributed by atoms with Crippen molar-refractivity contribution in [3.63, 3.8) is 0 Å². The van der Waals surface area contributed by atoms with Crippen molar-refractivity contribution in [2.75, 3.05) is 45.7 Å². The summed E-state index contributed by atoms with van der Waals surface area (Å²) in [5, 5.41) is 45.9. The van der Waals surface area contributed by atoms with Gasteiger partial charge in [0, 0.05) is 49.9 Å². The number of benzene rings is 1. The number of aromatic hydroxyl groups is 1. The maximum Gasteiger partial charge on any atom is 0.255 e. The maximum atomic E-state index is 14.2. The van der Waals surface area contributed by atoms with Crippen LogP contribution in [-0.2, 0) is 16.0 Å². The summed E-state index contributed by atoms with van der Waals surface area (Å²) in [6.07, 6.45) is 1.20. The van der Waals surface area contributed by atoms with Crippen LogP contribution in [0.15, 0.2) is 28.7 Å². The van der Waals surface area contributed by atoms with E-state index in [2.05, 4.69) is 37.5 Å². The van der Waals surface area contributed by atoms with Gasteiger partial charge in [0.25, 0.3) is 5.91 Å². The molecule has 0 aromatic heterocycles. The molecule has 11 heteroatoms. The average Bonchev–Trinajstić information content (AvgIpc) is 2.89. The van der Waals surface area contributed by atoms with Crippen molar-refractivity contribution in [3.05, 3.63) is 45.4 Å². The van der Waals surface area contributed by atoms with Crippen LogP contribution < -0.4 is 10.6 Å². The lowest BCUT2D eigenvalue weighted by molar-refractivity contribution is -0.148. The van der Waals surface area contributed by atoms with Gasteiger partial charge in [-0.2, -0.15) is 0 Å². The Hall–Kier alpha value is -3.41. The smallest absolute Gasteiger partial charge is 0.255 e. The number of Topliss-reactive ketones (excluding diaryl/α,β-unsaturated/α-hetero) is 2. The van der Waals surface area contributed by atoms with Crippen LogP contribution in [0.2, 0.25) is 0 Å². The number of amides is 1. The van der Waals surface area contributed by atoms with Crippen molar-refractivity contribution >= 4 is 23.2 Å². The molecule has 0 saturated heterocycles. The molecule has 0 saturated carbocycles. The Morgan fingerprint density at radius 3 is 2.27 bits per heavy atom. The zero-order valence-electron chi connectivity index (χ0n) is 26.7. The number of fused-ring (bicyclic) bond motifs is 5. The second kappa shape index (κ2) is 11.2. The Morgan fingerprint density at radius 1 is 1.11 bits per heavy atom. The van der Waals surface area contributed by atoms with Crippen LogP contribution in [0, 0.1) is 23.7 Å². The number of phenols is 1. The third-order valence-electron chi connectivity index (χ3n) is 9.84. The molecule has 0 fully saturated rings. The Bertz CT molecular complexity index is 1470. The lowest BCUT2D eigenvalue weighted by Crippen LogP contribution is -2.63. The summed E-state index contributed by atoms with van der Waals surface area (Å²) in [5.74, 6) is -5.56. The molecule has 1 heterocycles. The molecule has 3 aliphatic carbocycles. The largest absolute Gasteiger partial charge is 0.510 e. The summed E-state index contributed by atoms with van der Waals surface area (Å²) < 4.78 is 0. The van der Waals surface area contributed by atoms with Crippen LogP contribution in [0.4, 0.5) is 5.69 Å². The van der Waals surface area contributed by atoms with Gasteiger partial charge in [0.05, 0.1) is 11.6 Å². The van der Waals surface area contributed by atoms with Crippen LogP contribution in [0.3, 0.4) is 0 Å². The molecule has 44 heavy (non-hydrogen) atoms. The molecule has 6 N–H and O–H groups in total. The summed E-state index contributed by atoms with van der Waals surface area (Å²) in [7, 11) is 5.22. The lowest BCUT2D eigenvalue weighted by atomic mass is 9.58. The predicted molar refractivity (Wildman–Crippen MR) is 166 cm³/mol. The molecule has 1 amide bonds. The normalized spacial score (nSPS) is 28.6. The standard InChI is InChI=1S/C33H46N4O7/c1-15(2)13-37(14-16(3)4)21-8-9-36(7)26-18(21)12-22(38)24-19(26)10-17-11-20-27(35(5)6)29(40)25(32(34)43)31(42)33(20,44)30(41)23(17)28(24)39/h12,15-17,20-21,27,38,40-41,44H,8-11,13-14H2,1-7H3,(H2,34,43)/t17-,20-,21?,27+,33+/m1/s1. The van der Waals surface area contributed by atoms with E-state index in [1.165, 1.54) is 0 Å². The molecule has 1 aromatic rings. The summed E-state index contributed by atoms with van der Waals surface area (Å²) in [6, 6.07) is 0.687. The van der Waals surface area contributed by atoms with Gasteiger partial charge >= 0.3 is 0 Å². The fourth-order valence-electron chi connectivity index (χ4n) is 8.27. The average molecular weight is 611 g/mol. The monoisotopic (exact) mass is 610 g/mol. The Kier molecular flexibility index (Phi) is 8.14. The topological polar surface area (TPSA) is 168 Å². The maximum absolute atomic E-state index is 14.2. The van der Waals surface area contributed by atoms with Gasteiger partial charge in [0.15, 0.2) is 11.4 Å². The number of aliphatic hydroxyl groups is 3. The van der Waals surface area contributed by atoms with Gasteiger partial charge in [0.1, 0.15) is 22.8 Å². The van der Waals surface area contributed by atoms with Crippen molar-refractivity contribution < 1.29 is 34.8 Å². The van der Waals surface area contributed by atoms with Gasteiger partial charge in [-0.1, -0.05) is 27.7 Å². The van der Waals surface area contributed by atoms with Gasteiger partial charge in [-0.25, -0.2) is 0 Å². The fourth-order valence-corrected chi connectivity index (χ4v) is 8.27. The van der Waals surface area contributed by atoms with Gasteiger partial charge < -0.3 is 31.1 Å². The van der Waals surface area contributed by atoms with E-state index in [0.717, 1.165) is 37.3 Å². The molecule has 240 valence electrons. The number of aliphatic hydroxyl groups excluding tert-OH is 2. The number of nitrogens with zero attached hydrogens (tertiary/aromatic N) is 3. The van der Waals surface area contributed by atoms with E-state index in [0.29, 0.717) is 17.4 Å². The van der Waals surface area contributed by atoms with Crippen LogP contribution in [-0.4, -0.2) is 100 Å². The highest BCUT2D eigenvalue weighted by Gasteiger charge is 2.63. The number of phenolic OH excluding ortho intramolecular Hbond substituents is 1. The highest BCUT2D eigenvalue weighted by atomic mass is 16.3. The van der Waals surface area contributed by atoms with Crippen LogP contribution in [0.25, 0.3) is 0 Å². The molecule has 1 aromatic carbocycles. The van der Waals surface area contributed by atoms with Crippen molar-refractivity contribution in [1.82, 2.24) is 9.80 Å². The Balaban J connectivity index is 1.68. The van der Waals surface area contributed by atoms with Crippen LogP contribution in [0.5, 0.6) is 5.75 Å². The molecular formula is C33H46N4O7. The first-order valence-electron chi connectivity index (χ1n) is 15.5. The molecule has 4 aliphatic rings. The Labute approximate surface area is 258 Å². The molecule has 0 spiro atoms. The first-order chi connectivity index (χ1) is 20.5. The summed E-state index contributed by atoms with van der Waals surface area (Å²) in [5.41, 5.74) is 4.41. The first kappa shape index (κ1) is 32.0. The van der Waals surface area contributed by atoms with E-state index in [1.54, 1.807) is 25.1 Å². The quantitative estimate of drug-likeness (QED) is 0.290. The zero-order chi connectivity index (χ0) is 32.6. The lowest BCUT2D eigenvalue weighted by Gasteiger charge is -2.50. The van der Waals surface area contributed by atoms with Crippen molar-refractivity contribution in [2.24, 2.45) is 29.4 Å². The number of ketones is 2. The summed E-state index contributed by atoms with van der Waals surface area (Å²) in [6.45, 7) is 11.3. The number of likely N-dealkylation sites (N-methyl/N-ethyl adjacent to an activating group) is 1. The van der Waals surface area contributed by atoms with E-state index in [4.69, 9.17) is 5.73 Å². The summed E-state index contributed by atoms with van der Waals surface area (Å²) in [4.78, 5) is 46.1. The Morgan fingerprint density at radius 2 is 1.73 bits per heavy atom. The summed E-state index contributed by atoms with van der Waals surface area (Å²) >= 11 is 0. The van der Waals surface area contributed by atoms with E-state index in [-0.39, 0.29) is 35.8 Å². The van der Waals surface area contributed by atoms with Crippen molar-refractivity contribution in [2.45, 2.75) is 64.6 Å². The number of nitrogens with two attached hydrogens (primary N) is 1. The van der Waals surface area contributed by atoms with E-state index in [9.17, 15) is 34.8 Å². The fraction of sp³-hybridized carbons (Fsp3) is 0.606. The number of carbonyl (C=O) groups excluding carboxylic acids is 3. The number of anilines is 1. The van der Waals surface area contributed by atoms with Gasteiger partial charge in [0.2, 0.25) is 5.78 Å². The molecule has 1 unspecified atom stereocenters. The minimum absolute atomic E-state index is 0.0440. The van der Waals surface area contributed by atoms with Crippen LogP contribution in [0.1, 0.15) is 68.1 Å². The van der Waals surface area contributed by atoms with E-state index >= 15 is 0 Å². The number of carbonyl (C=O) groups is 3. The molecule has 0 radical (unpaired) electrons. The van der Waals surface area contributed by atoms with E-state index < -0.39 is 58.0 Å². The third-order valence-corrected chi connectivity index (χ3v) is 9.84. The first-order valence-corrected chi connectivity index (χ1v) is 15.5. The number of hydrogen-bond acceptors (Lipinski definition) is 10. The molecule has 5 atom stereocenters. The van der Waals surface area contributed by atoms with Crippen molar-refractivity contribution in [3.8, 4) is 5.75 Å². The number of hydrogen-bond donors (Lipinski definition) is 5. The second-order valence-electron chi connectivity index (χ2n) is 14.1. The number of allylic oxidation sites excluding steroid dienone is 1. The molecule has 0 bridgehead atoms. The minimum Gasteiger partial charge on any atom is -0.510 e. The molecule has 5 rings (SSSR count). The van der Waals surface area contributed by atoms with Gasteiger partial charge in [-0.15, -0.1) is 0 Å².